The molecule has 0 amide bonds. The molecule has 0 spiro atoms. The van der Waals surface area contributed by atoms with Crippen LogP contribution in [0.2, 0.25) is 0 Å². The molecule has 5 aliphatic carbocycles. The first-order valence-corrected chi connectivity index (χ1v) is 14.5. The first kappa shape index (κ1) is 33.5. The Hall–Kier alpha value is 0.422. The SMILES string of the molecule is CC.CC.CC1(C)CCC2([C-]=O)CCC3C(=CCC4C3CCC3C4CCC(O)C3(C)C)C2C1.[CH3-].[U+2]. The number of hydrogen-bond acceptors (Lipinski definition) is 2. The molecule has 8 atom stereocenters. The summed E-state index contributed by atoms with van der Waals surface area (Å²) in [7, 11) is 0. The maximum Gasteiger partial charge on any atom is 2.00 e. The van der Waals surface area contributed by atoms with E-state index in [1.807, 2.05) is 27.7 Å². The van der Waals surface area contributed by atoms with Crippen LogP contribution in [0.1, 0.15) is 120 Å². The maximum atomic E-state index is 12.2. The van der Waals surface area contributed by atoms with Gasteiger partial charge < -0.3 is 17.3 Å². The van der Waals surface area contributed by atoms with Gasteiger partial charge in [0.05, 0.1) is 6.10 Å². The van der Waals surface area contributed by atoms with E-state index in [1.165, 1.54) is 44.9 Å². The van der Waals surface area contributed by atoms with E-state index in [2.05, 4.69) is 40.1 Å². The van der Waals surface area contributed by atoms with E-state index in [1.54, 1.807) is 5.57 Å². The molecule has 8 unspecified atom stereocenters. The van der Waals surface area contributed by atoms with Crippen LogP contribution in [0.25, 0.3) is 0 Å². The zero-order chi connectivity index (χ0) is 24.6. The molecule has 0 radical (unpaired) electrons. The molecule has 0 aliphatic heterocycles. The number of hydrogen-bond donors (Lipinski definition) is 1. The quantitative estimate of drug-likeness (QED) is 0.219. The fourth-order valence-corrected chi connectivity index (χ4v) is 8.93. The van der Waals surface area contributed by atoms with Gasteiger partial charge in [0.15, 0.2) is 0 Å². The van der Waals surface area contributed by atoms with E-state index in [0.29, 0.717) is 23.2 Å². The minimum Gasteiger partial charge on any atom is -0.541 e. The summed E-state index contributed by atoms with van der Waals surface area (Å²) in [5.41, 5.74) is 1.91. The van der Waals surface area contributed by atoms with Crippen molar-refractivity contribution < 1.29 is 41.0 Å². The van der Waals surface area contributed by atoms with Gasteiger partial charge in [-0.05, 0) is 97.7 Å². The van der Waals surface area contributed by atoms with E-state index in [0.717, 1.165) is 37.0 Å². The fraction of sp³-hybridized carbons (Fsp3) is 0.875. The molecule has 1 N–H and O–H groups in total. The minimum atomic E-state index is -0.182. The van der Waals surface area contributed by atoms with Crippen LogP contribution in [0.15, 0.2) is 11.6 Å². The average molecular weight is 711 g/mol. The zero-order valence-electron chi connectivity index (χ0n) is 24.5. The van der Waals surface area contributed by atoms with Crippen LogP contribution in [0.5, 0.6) is 0 Å². The Balaban J connectivity index is 0.000000973. The smallest absolute Gasteiger partial charge is 0.541 e. The summed E-state index contributed by atoms with van der Waals surface area (Å²) in [6.07, 6.45) is 16.8. The van der Waals surface area contributed by atoms with Crippen molar-refractivity contribution in [1.29, 1.82) is 0 Å². The van der Waals surface area contributed by atoms with E-state index in [9.17, 15) is 9.90 Å². The third-order valence-corrected chi connectivity index (χ3v) is 10.8. The Bertz CT molecular complexity index is 710. The second kappa shape index (κ2) is 13.0. The van der Waals surface area contributed by atoms with Gasteiger partial charge in [-0.25, -0.2) is 0 Å². The molecule has 0 aromatic heterocycles. The first-order chi connectivity index (χ1) is 15.7. The summed E-state index contributed by atoms with van der Waals surface area (Å²) in [6, 6.07) is 0. The van der Waals surface area contributed by atoms with Gasteiger partial charge in [0.1, 0.15) is 0 Å². The molecular formula is C32H56O2U. The van der Waals surface area contributed by atoms with Crippen molar-refractivity contribution in [3.8, 4) is 0 Å². The van der Waals surface area contributed by atoms with Crippen molar-refractivity contribution >= 4 is 6.29 Å². The summed E-state index contributed by atoms with van der Waals surface area (Å²) < 4.78 is 0. The van der Waals surface area contributed by atoms with Crippen molar-refractivity contribution in [3.05, 3.63) is 19.1 Å². The van der Waals surface area contributed by atoms with Gasteiger partial charge >= 0.3 is 31.1 Å². The van der Waals surface area contributed by atoms with Gasteiger partial charge in [0.25, 0.3) is 0 Å². The van der Waals surface area contributed by atoms with E-state index in [-0.39, 0.29) is 55.5 Å². The van der Waals surface area contributed by atoms with Gasteiger partial charge in [-0.1, -0.05) is 79.9 Å². The van der Waals surface area contributed by atoms with Crippen LogP contribution >= 0.6 is 0 Å². The van der Waals surface area contributed by atoms with Crippen molar-refractivity contribution in [2.75, 3.05) is 0 Å². The number of fused-ring (bicyclic) bond motifs is 7. The van der Waals surface area contributed by atoms with Crippen LogP contribution in [-0.4, -0.2) is 17.5 Å². The van der Waals surface area contributed by atoms with E-state index in [4.69, 9.17) is 0 Å². The first-order valence-electron chi connectivity index (χ1n) is 14.5. The molecule has 2 nitrogen and oxygen atoms in total. The average Bonchev–Trinajstić information content (AvgIpc) is 2.83. The van der Waals surface area contributed by atoms with Gasteiger partial charge in [0, 0.05) is 0 Å². The molecule has 0 heterocycles. The van der Waals surface area contributed by atoms with Crippen molar-refractivity contribution in [2.24, 2.45) is 51.8 Å². The summed E-state index contributed by atoms with van der Waals surface area (Å²) >= 11 is 0. The molecule has 0 aromatic carbocycles. The maximum absolute atomic E-state index is 12.2. The second-order valence-electron chi connectivity index (χ2n) is 12.9. The standard InChI is InChI=1S/C27H41O2.2C2H6.CH3.U/c1-25(2)13-14-27(16-28)12-11-19-17-7-9-22-20(8-10-24(29)26(22,3)4)18(17)5-6-21(19)23(27)15-25;2*1-2;;/h6,17-20,22-24,29H,5,7-15H2,1-4H3;2*1-2H3;1H3;/q-1;;;-1;+2. The normalized spacial score (nSPS) is 42.0. The predicted molar refractivity (Wildman–Crippen MR) is 146 cm³/mol. The molecule has 0 bridgehead atoms. The third kappa shape index (κ3) is 5.88. The molecule has 0 saturated heterocycles. The Labute approximate surface area is 242 Å². The number of aliphatic hydroxyl groups is 1. The molecular weight excluding hydrogens is 654 g/mol. The monoisotopic (exact) mass is 710 g/mol. The third-order valence-electron chi connectivity index (χ3n) is 10.8. The fourth-order valence-electron chi connectivity index (χ4n) is 8.93. The van der Waals surface area contributed by atoms with E-state index >= 15 is 0 Å². The summed E-state index contributed by atoms with van der Waals surface area (Å²) in [5.74, 6) is 4.26. The molecule has 5 aliphatic rings. The van der Waals surface area contributed by atoms with Crippen LogP contribution in [-0.2, 0) is 4.79 Å². The number of aliphatic hydroxyl groups excluding tert-OH is 1. The number of rotatable bonds is 1. The Morgan fingerprint density at radius 3 is 2.11 bits per heavy atom. The summed E-state index contributed by atoms with van der Waals surface area (Å²) in [4.78, 5) is 12.2. The van der Waals surface area contributed by atoms with Crippen molar-refractivity contribution in [1.82, 2.24) is 0 Å². The van der Waals surface area contributed by atoms with Crippen LogP contribution < -0.4 is 0 Å². The topological polar surface area (TPSA) is 37.3 Å². The number of allylic oxidation sites excluding steroid dienone is 2. The predicted octanol–water partition coefficient (Wildman–Crippen LogP) is 8.59. The largest absolute Gasteiger partial charge is 2.00 e. The van der Waals surface area contributed by atoms with Crippen LogP contribution in [0.4, 0.5) is 0 Å². The van der Waals surface area contributed by atoms with Crippen molar-refractivity contribution in [3.63, 3.8) is 0 Å². The minimum absolute atomic E-state index is 0. The Morgan fingerprint density at radius 1 is 0.857 bits per heavy atom. The molecule has 4 fully saturated rings. The summed E-state index contributed by atoms with van der Waals surface area (Å²) in [5, 5.41) is 10.6. The summed E-state index contributed by atoms with van der Waals surface area (Å²) in [6.45, 7) is 17.4. The molecule has 35 heavy (non-hydrogen) atoms. The molecule has 3 heteroatoms. The molecule has 0 aromatic rings. The molecule has 200 valence electrons. The molecule has 4 saturated carbocycles. The van der Waals surface area contributed by atoms with Crippen LogP contribution in [0, 0.1) is 90.3 Å². The van der Waals surface area contributed by atoms with Gasteiger partial charge in [-0.2, -0.15) is 0 Å². The number of carbonyl (C=O) groups excluding carboxylic acids is 1. The van der Waals surface area contributed by atoms with Crippen LogP contribution in [0.3, 0.4) is 0 Å². The molecule has 5 rings (SSSR count). The Morgan fingerprint density at radius 2 is 1.49 bits per heavy atom. The van der Waals surface area contributed by atoms with Gasteiger partial charge in [-0.3, -0.25) is 6.29 Å². The zero-order valence-corrected chi connectivity index (χ0v) is 28.7. The Kier molecular flexibility index (Phi) is 12.4. The van der Waals surface area contributed by atoms with E-state index < -0.39 is 0 Å². The van der Waals surface area contributed by atoms with Gasteiger partial charge in [-0.15, -0.1) is 5.41 Å². The second-order valence-corrected chi connectivity index (χ2v) is 12.9. The van der Waals surface area contributed by atoms with Crippen molar-refractivity contribution in [2.45, 2.75) is 126 Å². The van der Waals surface area contributed by atoms with Gasteiger partial charge in [0.2, 0.25) is 0 Å².